The highest BCUT2D eigenvalue weighted by atomic mass is 16.6. The second kappa shape index (κ2) is 7.09. The number of carbonyl (C=O) groups excluding carboxylic acids is 1. The van der Waals surface area contributed by atoms with Crippen molar-refractivity contribution in [3.05, 3.63) is 29.1 Å². The lowest BCUT2D eigenvalue weighted by Gasteiger charge is -2.31. The van der Waals surface area contributed by atoms with Gasteiger partial charge in [0.1, 0.15) is 5.60 Å². The quantitative estimate of drug-likeness (QED) is 0.852. The van der Waals surface area contributed by atoms with Crippen molar-refractivity contribution in [3.8, 4) is 0 Å². The predicted octanol–water partition coefficient (Wildman–Crippen LogP) is 3.34. The number of aromatic nitrogens is 1. The van der Waals surface area contributed by atoms with Crippen molar-refractivity contribution in [1.29, 1.82) is 0 Å². The molecule has 0 spiro atoms. The first-order valence-corrected chi connectivity index (χ1v) is 8.94. The summed E-state index contributed by atoms with van der Waals surface area (Å²) in [6, 6.07) is 2.10. The number of rotatable bonds is 3. The Hall–Kier alpha value is -1.62. The van der Waals surface area contributed by atoms with Crippen LogP contribution in [0, 0.1) is 5.92 Å². The molecule has 3 rings (SSSR count). The van der Waals surface area contributed by atoms with E-state index in [-0.39, 0.29) is 6.09 Å². The maximum absolute atomic E-state index is 12.4. The molecule has 0 radical (unpaired) electrons. The van der Waals surface area contributed by atoms with E-state index in [0.29, 0.717) is 19.0 Å². The van der Waals surface area contributed by atoms with Gasteiger partial charge >= 0.3 is 6.09 Å². The van der Waals surface area contributed by atoms with Crippen LogP contribution < -0.4 is 0 Å². The molecule has 0 N–H and O–H groups in total. The third kappa shape index (κ3) is 4.26. The van der Waals surface area contributed by atoms with Gasteiger partial charge < -0.3 is 14.4 Å². The lowest BCUT2D eigenvalue weighted by molar-refractivity contribution is 0.0222. The summed E-state index contributed by atoms with van der Waals surface area (Å²) in [4.78, 5) is 18.7. The van der Waals surface area contributed by atoms with Crippen molar-refractivity contribution in [2.24, 2.45) is 5.92 Å². The van der Waals surface area contributed by atoms with Crippen LogP contribution in [0.3, 0.4) is 0 Å². The predicted molar refractivity (Wildman–Crippen MR) is 91.8 cm³/mol. The van der Waals surface area contributed by atoms with E-state index in [0.717, 1.165) is 44.6 Å². The van der Waals surface area contributed by atoms with Gasteiger partial charge in [-0.3, -0.25) is 4.98 Å². The Labute approximate surface area is 144 Å². The van der Waals surface area contributed by atoms with Crippen LogP contribution in [0.25, 0.3) is 0 Å². The van der Waals surface area contributed by atoms with Gasteiger partial charge in [-0.05, 0) is 63.1 Å². The first-order valence-electron chi connectivity index (χ1n) is 8.94. The summed E-state index contributed by atoms with van der Waals surface area (Å²) in [5.74, 6) is 0.666. The maximum Gasteiger partial charge on any atom is 0.410 e. The third-order valence-corrected chi connectivity index (χ3v) is 4.71. The van der Waals surface area contributed by atoms with E-state index in [4.69, 9.17) is 9.47 Å². The van der Waals surface area contributed by atoms with Gasteiger partial charge in [-0.25, -0.2) is 4.79 Å². The molecule has 2 aliphatic rings. The van der Waals surface area contributed by atoms with Crippen LogP contribution in [0.4, 0.5) is 4.79 Å². The Morgan fingerprint density at radius 2 is 2.29 bits per heavy atom. The summed E-state index contributed by atoms with van der Waals surface area (Å²) in [6.07, 6.45) is 5.81. The van der Waals surface area contributed by atoms with Gasteiger partial charge in [0.15, 0.2) is 0 Å². The van der Waals surface area contributed by atoms with Gasteiger partial charge in [0.2, 0.25) is 0 Å². The Balaban J connectivity index is 1.68. The number of aryl methyl sites for hydroxylation is 1. The number of carbonyl (C=O) groups is 1. The molecule has 0 aliphatic carbocycles. The number of fused-ring (bicyclic) bond motifs is 1. The van der Waals surface area contributed by atoms with Gasteiger partial charge in [-0.15, -0.1) is 0 Å². The van der Waals surface area contributed by atoms with E-state index in [1.807, 2.05) is 27.0 Å². The number of hydrogen-bond acceptors (Lipinski definition) is 4. The number of ether oxygens (including phenoxy) is 2. The van der Waals surface area contributed by atoms with Crippen LogP contribution in [0.5, 0.6) is 0 Å². The molecule has 1 amide bonds. The molecule has 0 saturated carbocycles. The first-order chi connectivity index (χ1) is 11.4. The van der Waals surface area contributed by atoms with Gasteiger partial charge in [0.05, 0.1) is 6.54 Å². The Morgan fingerprint density at radius 3 is 3.00 bits per heavy atom. The number of hydrogen-bond donors (Lipinski definition) is 0. The van der Waals surface area contributed by atoms with Crippen LogP contribution in [0.2, 0.25) is 0 Å². The fraction of sp³-hybridized carbons (Fsp3) is 0.684. The summed E-state index contributed by atoms with van der Waals surface area (Å²) in [6.45, 7) is 8.77. The molecular formula is C19H28N2O3. The van der Waals surface area contributed by atoms with E-state index in [1.165, 1.54) is 11.1 Å². The molecule has 5 nitrogen and oxygen atoms in total. The summed E-state index contributed by atoms with van der Waals surface area (Å²) in [5.41, 5.74) is 3.21. The number of pyridine rings is 1. The molecule has 24 heavy (non-hydrogen) atoms. The number of amides is 1. The fourth-order valence-corrected chi connectivity index (χ4v) is 3.39. The van der Waals surface area contributed by atoms with E-state index < -0.39 is 5.60 Å². The highest BCUT2D eigenvalue weighted by Gasteiger charge is 2.27. The van der Waals surface area contributed by atoms with Crippen LogP contribution in [0.15, 0.2) is 12.3 Å². The lowest BCUT2D eigenvalue weighted by atomic mass is 9.93. The van der Waals surface area contributed by atoms with Crippen LogP contribution in [0.1, 0.15) is 50.4 Å². The van der Waals surface area contributed by atoms with Gasteiger partial charge in [0.25, 0.3) is 0 Å². The van der Waals surface area contributed by atoms with Crippen LogP contribution in [-0.2, 0) is 28.9 Å². The molecule has 0 aromatic carbocycles. The van der Waals surface area contributed by atoms with Crippen LogP contribution >= 0.6 is 0 Å². The Kier molecular flexibility index (Phi) is 5.09. The topological polar surface area (TPSA) is 51.7 Å². The van der Waals surface area contributed by atoms with Crippen LogP contribution in [-0.4, -0.2) is 41.3 Å². The fourth-order valence-electron chi connectivity index (χ4n) is 3.39. The lowest BCUT2D eigenvalue weighted by Crippen LogP contribution is -2.40. The second-order valence-electron chi connectivity index (χ2n) is 7.82. The molecule has 1 fully saturated rings. The molecule has 5 heteroatoms. The molecule has 1 aromatic heterocycles. The van der Waals surface area contributed by atoms with Crippen molar-refractivity contribution in [1.82, 2.24) is 9.88 Å². The van der Waals surface area contributed by atoms with Crippen molar-refractivity contribution < 1.29 is 14.3 Å². The SMILES string of the molecule is CC(C)(C)OC(=O)N1CCc2nccc(CC[C@H]3CCOC3)c2C1. The summed E-state index contributed by atoms with van der Waals surface area (Å²) in [7, 11) is 0. The molecule has 1 atom stereocenters. The molecular weight excluding hydrogens is 304 g/mol. The van der Waals surface area contributed by atoms with Crippen molar-refractivity contribution in [2.45, 2.75) is 58.6 Å². The van der Waals surface area contributed by atoms with E-state index in [9.17, 15) is 4.79 Å². The highest BCUT2D eigenvalue weighted by Crippen LogP contribution is 2.26. The van der Waals surface area contributed by atoms with Gasteiger partial charge in [-0.2, -0.15) is 0 Å². The highest BCUT2D eigenvalue weighted by molar-refractivity contribution is 5.68. The maximum atomic E-state index is 12.4. The minimum absolute atomic E-state index is 0.229. The summed E-state index contributed by atoms with van der Waals surface area (Å²) in [5, 5.41) is 0. The Morgan fingerprint density at radius 1 is 1.46 bits per heavy atom. The Bertz CT molecular complexity index is 589. The summed E-state index contributed by atoms with van der Waals surface area (Å²) >= 11 is 0. The van der Waals surface area contributed by atoms with E-state index in [2.05, 4.69) is 11.1 Å². The summed E-state index contributed by atoms with van der Waals surface area (Å²) < 4.78 is 11.0. The normalized spacial score (nSPS) is 20.8. The van der Waals surface area contributed by atoms with Crippen molar-refractivity contribution in [3.63, 3.8) is 0 Å². The molecule has 0 unspecified atom stereocenters. The smallest absolute Gasteiger partial charge is 0.410 e. The third-order valence-electron chi connectivity index (χ3n) is 4.71. The minimum atomic E-state index is -0.461. The zero-order chi connectivity index (χ0) is 17.2. The zero-order valence-corrected chi connectivity index (χ0v) is 15.0. The molecule has 132 valence electrons. The van der Waals surface area contributed by atoms with E-state index >= 15 is 0 Å². The first kappa shape index (κ1) is 17.2. The monoisotopic (exact) mass is 332 g/mol. The zero-order valence-electron chi connectivity index (χ0n) is 15.0. The minimum Gasteiger partial charge on any atom is -0.444 e. The molecule has 2 aliphatic heterocycles. The standard InChI is InChI=1S/C19H28N2O3/c1-19(2,3)24-18(22)21-10-7-17-16(12-21)15(6-9-20-17)5-4-14-8-11-23-13-14/h6,9,14H,4-5,7-8,10-13H2,1-3H3/t14-/m0/s1. The van der Waals surface area contributed by atoms with Gasteiger partial charge in [-0.1, -0.05) is 0 Å². The molecule has 1 aromatic rings. The van der Waals surface area contributed by atoms with Crippen molar-refractivity contribution in [2.75, 3.05) is 19.8 Å². The average Bonchev–Trinajstić information content (AvgIpc) is 3.04. The molecule has 3 heterocycles. The second-order valence-corrected chi connectivity index (χ2v) is 7.82. The van der Waals surface area contributed by atoms with Crippen molar-refractivity contribution >= 4 is 6.09 Å². The van der Waals surface area contributed by atoms with Gasteiger partial charge in [0, 0.05) is 38.1 Å². The molecule has 1 saturated heterocycles. The average molecular weight is 332 g/mol. The van der Waals surface area contributed by atoms with E-state index in [1.54, 1.807) is 4.90 Å². The molecule has 0 bridgehead atoms. The number of nitrogens with zero attached hydrogens (tertiary/aromatic N) is 2. The largest absolute Gasteiger partial charge is 0.444 e.